The number of benzene rings is 1. The number of carbonyl (C=O) groups is 2. The molecule has 0 bridgehead atoms. The lowest BCUT2D eigenvalue weighted by atomic mass is 10.1. The topological polar surface area (TPSA) is 91.0 Å². The largest absolute Gasteiger partial charge is 0.347 e. The van der Waals surface area contributed by atoms with E-state index in [9.17, 15) is 9.59 Å². The Kier molecular flexibility index (Phi) is 3.55. The van der Waals surface area contributed by atoms with Gasteiger partial charge in [-0.2, -0.15) is 5.10 Å². The first-order valence-electron chi connectivity index (χ1n) is 8.17. The third kappa shape index (κ3) is 2.89. The van der Waals surface area contributed by atoms with Gasteiger partial charge in [-0.05, 0) is 25.0 Å². The fraction of sp³-hybridized carbons (Fsp3) is 0.412. The molecular formula is C17H19N5O2. The number of carbonyl (C=O) groups excluding carboxylic acids is 2. The smallest absolute Gasteiger partial charge is 0.251 e. The van der Waals surface area contributed by atoms with E-state index in [-0.39, 0.29) is 17.9 Å². The van der Waals surface area contributed by atoms with Crippen molar-refractivity contribution in [2.45, 2.75) is 31.2 Å². The molecule has 1 aliphatic heterocycles. The van der Waals surface area contributed by atoms with Crippen molar-refractivity contribution in [3.8, 4) is 11.4 Å². The number of likely N-dealkylation sites (tertiary alicyclic amines) is 1. The van der Waals surface area contributed by atoms with E-state index in [1.165, 1.54) is 12.8 Å². The highest BCUT2D eigenvalue weighted by atomic mass is 16.2. The van der Waals surface area contributed by atoms with Crippen LogP contribution in [0.25, 0.3) is 11.4 Å². The number of H-pyrrole nitrogens is 1. The Morgan fingerprint density at radius 1 is 1.29 bits per heavy atom. The summed E-state index contributed by atoms with van der Waals surface area (Å²) in [5.74, 6) is 2.03. The van der Waals surface area contributed by atoms with Gasteiger partial charge in [-0.15, -0.1) is 0 Å². The van der Waals surface area contributed by atoms with E-state index in [1.54, 1.807) is 24.1 Å². The van der Waals surface area contributed by atoms with E-state index in [0.717, 1.165) is 11.4 Å². The molecule has 1 saturated heterocycles. The maximum absolute atomic E-state index is 12.3. The third-order valence-corrected chi connectivity index (χ3v) is 4.55. The maximum atomic E-state index is 12.3. The Balaban J connectivity index is 1.43. The van der Waals surface area contributed by atoms with E-state index < -0.39 is 0 Å². The number of aromatic amines is 1. The van der Waals surface area contributed by atoms with Crippen LogP contribution in [0.1, 0.15) is 41.4 Å². The highest BCUT2D eigenvalue weighted by Gasteiger charge is 2.28. The fourth-order valence-corrected chi connectivity index (χ4v) is 2.94. The first-order chi connectivity index (χ1) is 11.6. The van der Waals surface area contributed by atoms with Crippen LogP contribution in [-0.4, -0.2) is 51.5 Å². The summed E-state index contributed by atoms with van der Waals surface area (Å²) in [5.41, 5.74) is 1.45. The molecule has 2 aromatic rings. The van der Waals surface area contributed by atoms with Crippen LogP contribution in [0.3, 0.4) is 0 Å². The van der Waals surface area contributed by atoms with Gasteiger partial charge in [0, 0.05) is 37.1 Å². The van der Waals surface area contributed by atoms with Crippen LogP contribution in [0, 0.1) is 0 Å². The zero-order chi connectivity index (χ0) is 16.7. The normalized spacial score (nSPS) is 20.5. The molecule has 124 valence electrons. The standard InChI is InChI=1S/C17H19N5O2/c1-22-9-13(8-14(22)23)18-17(24)12-6-4-11(5-7-12)16-19-15(20-21-16)10-2-3-10/h4-7,10,13H,2-3,8-9H2,1H3,(H,18,24)(H,19,20,21)/t13-/m1/s1. The molecule has 1 aromatic heterocycles. The lowest BCUT2D eigenvalue weighted by Gasteiger charge is -2.12. The SMILES string of the molecule is CN1C[C@H](NC(=O)c2ccc(-c3n[nH]c(C4CC4)n3)cc2)CC1=O. The molecule has 2 aliphatic rings. The Bertz CT molecular complexity index is 779. The molecule has 0 unspecified atom stereocenters. The molecule has 1 aliphatic carbocycles. The van der Waals surface area contributed by atoms with E-state index in [0.29, 0.717) is 30.3 Å². The molecule has 0 spiro atoms. The lowest BCUT2D eigenvalue weighted by Crippen LogP contribution is -2.36. The number of likely N-dealkylation sites (N-methyl/N-ethyl adjacent to an activating group) is 1. The number of hydrogen-bond acceptors (Lipinski definition) is 4. The van der Waals surface area contributed by atoms with Crippen LogP contribution in [0.4, 0.5) is 0 Å². The van der Waals surface area contributed by atoms with E-state index >= 15 is 0 Å². The predicted octanol–water partition coefficient (Wildman–Crippen LogP) is 1.31. The quantitative estimate of drug-likeness (QED) is 0.887. The second-order valence-electron chi connectivity index (χ2n) is 6.54. The number of nitrogens with one attached hydrogen (secondary N) is 2. The van der Waals surface area contributed by atoms with Crippen molar-refractivity contribution >= 4 is 11.8 Å². The summed E-state index contributed by atoms with van der Waals surface area (Å²) in [5, 5.41) is 10.1. The molecule has 2 N–H and O–H groups in total. The lowest BCUT2D eigenvalue weighted by molar-refractivity contribution is -0.126. The average molecular weight is 325 g/mol. The van der Waals surface area contributed by atoms with Gasteiger partial charge in [0.05, 0.1) is 6.04 Å². The van der Waals surface area contributed by atoms with Gasteiger partial charge in [-0.1, -0.05) is 12.1 Å². The van der Waals surface area contributed by atoms with E-state index in [1.807, 2.05) is 12.1 Å². The number of rotatable bonds is 4. The van der Waals surface area contributed by atoms with E-state index in [4.69, 9.17) is 0 Å². The maximum Gasteiger partial charge on any atom is 0.251 e. The Labute approximate surface area is 139 Å². The molecule has 0 radical (unpaired) electrons. The molecule has 24 heavy (non-hydrogen) atoms. The molecule has 2 heterocycles. The summed E-state index contributed by atoms with van der Waals surface area (Å²) in [6, 6.07) is 7.10. The van der Waals surface area contributed by atoms with Crippen LogP contribution < -0.4 is 5.32 Å². The van der Waals surface area contributed by atoms with Crippen molar-refractivity contribution < 1.29 is 9.59 Å². The summed E-state index contributed by atoms with van der Waals surface area (Å²) in [6.45, 7) is 0.559. The molecule has 1 atom stereocenters. The van der Waals surface area contributed by atoms with Gasteiger partial charge in [-0.3, -0.25) is 14.7 Å². The van der Waals surface area contributed by atoms with Crippen molar-refractivity contribution in [3.05, 3.63) is 35.7 Å². The number of hydrogen-bond donors (Lipinski definition) is 2. The zero-order valence-corrected chi connectivity index (χ0v) is 13.5. The summed E-state index contributed by atoms with van der Waals surface area (Å²) in [4.78, 5) is 29.9. The van der Waals surface area contributed by atoms with Crippen LogP contribution in [0.5, 0.6) is 0 Å². The van der Waals surface area contributed by atoms with Crippen molar-refractivity contribution in [1.82, 2.24) is 25.4 Å². The van der Waals surface area contributed by atoms with Crippen molar-refractivity contribution in [3.63, 3.8) is 0 Å². The van der Waals surface area contributed by atoms with Crippen LogP contribution in [-0.2, 0) is 4.79 Å². The third-order valence-electron chi connectivity index (χ3n) is 4.55. The molecule has 7 heteroatoms. The first kappa shape index (κ1) is 14.9. The second-order valence-corrected chi connectivity index (χ2v) is 6.54. The Morgan fingerprint density at radius 2 is 2.04 bits per heavy atom. The molecule has 1 aromatic carbocycles. The van der Waals surface area contributed by atoms with Gasteiger partial charge < -0.3 is 10.2 Å². The summed E-state index contributed by atoms with van der Waals surface area (Å²) in [7, 11) is 1.75. The first-order valence-corrected chi connectivity index (χ1v) is 8.17. The molecule has 2 amide bonds. The van der Waals surface area contributed by atoms with Gasteiger partial charge in [0.15, 0.2) is 5.82 Å². The monoisotopic (exact) mass is 325 g/mol. The van der Waals surface area contributed by atoms with Gasteiger partial charge in [0.25, 0.3) is 5.91 Å². The molecule has 7 nitrogen and oxygen atoms in total. The van der Waals surface area contributed by atoms with Crippen LogP contribution in [0.15, 0.2) is 24.3 Å². The predicted molar refractivity (Wildman–Crippen MR) is 87.3 cm³/mol. The van der Waals surface area contributed by atoms with Gasteiger partial charge >= 0.3 is 0 Å². The van der Waals surface area contributed by atoms with E-state index in [2.05, 4.69) is 20.5 Å². The highest BCUT2D eigenvalue weighted by molar-refractivity contribution is 5.95. The number of nitrogens with zero attached hydrogens (tertiary/aromatic N) is 3. The zero-order valence-electron chi connectivity index (χ0n) is 13.5. The summed E-state index contributed by atoms with van der Waals surface area (Å²) >= 11 is 0. The van der Waals surface area contributed by atoms with Crippen molar-refractivity contribution in [2.24, 2.45) is 0 Å². The molecule has 2 fully saturated rings. The van der Waals surface area contributed by atoms with Gasteiger partial charge in [-0.25, -0.2) is 4.98 Å². The minimum atomic E-state index is -0.164. The molecular weight excluding hydrogens is 306 g/mol. The van der Waals surface area contributed by atoms with Crippen molar-refractivity contribution in [2.75, 3.05) is 13.6 Å². The summed E-state index contributed by atoms with van der Waals surface area (Å²) < 4.78 is 0. The summed E-state index contributed by atoms with van der Waals surface area (Å²) in [6.07, 6.45) is 2.71. The average Bonchev–Trinajstić information content (AvgIpc) is 3.22. The highest BCUT2D eigenvalue weighted by Crippen LogP contribution is 2.38. The fourth-order valence-electron chi connectivity index (χ4n) is 2.94. The second kappa shape index (κ2) is 5.74. The number of aromatic nitrogens is 3. The van der Waals surface area contributed by atoms with Gasteiger partial charge in [0.1, 0.15) is 5.82 Å². The number of amides is 2. The van der Waals surface area contributed by atoms with Crippen molar-refractivity contribution in [1.29, 1.82) is 0 Å². The minimum absolute atomic E-state index is 0.0618. The Morgan fingerprint density at radius 3 is 2.67 bits per heavy atom. The molecule has 4 rings (SSSR count). The Hall–Kier alpha value is -2.70. The van der Waals surface area contributed by atoms with Crippen LogP contribution in [0.2, 0.25) is 0 Å². The van der Waals surface area contributed by atoms with Crippen LogP contribution >= 0.6 is 0 Å². The van der Waals surface area contributed by atoms with Gasteiger partial charge in [0.2, 0.25) is 5.91 Å². The molecule has 1 saturated carbocycles. The minimum Gasteiger partial charge on any atom is -0.347 e.